The van der Waals surface area contributed by atoms with Gasteiger partial charge in [-0.1, -0.05) is 17.7 Å². The molecule has 1 aromatic rings. The van der Waals surface area contributed by atoms with Gasteiger partial charge in [-0.3, -0.25) is 0 Å². The van der Waals surface area contributed by atoms with Crippen molar-refractivity contribution in [1.82, 2.24) is 0 Å². The minimum atomic E-state index is -2.05. The molecule has 0 bridgehead atoms. The number of fused-ring (bicyclic) bond motifs is 1. The van der Waals surface area contributed by atoms with Gasteiger partial charge in [0.25, 0.3) is 0 Å². The molecule has 4 N–H and O–H groups in total. The van der Waals surface area contributed by atoms with E-state index in [1.165, 1.54) is 0 Å². The Morgan fingerprint density at radius 2 is 2.25 bits per heavy atom. The van der Waals surface area contributed by atoms with Crippen LogP contribution in [0, 0.1) is 0 Å². The van der Waals surface area contributed by atoms with E-state index in [0.29, 0.717) is 16.1 Å². The summed E-state index contributed by atoms with van der Waals surface area (Å²) in [6.45, 7) is 0. The smallest absolute Gasteiger partial charge is 0.342 e. The highest BCUT2D eigenvalue weighted by molar-refractivity contribution is 6.31. The summed E-state index contributed by atoms with van der Waals surface area (Å²) in [5, 5.41) is 22.8. The number of nitrogens with zero attached hydrogens (tertiary/aromatic N) is 1. The molecule has 2 rings (SSSR count). The Balaban J connectivity index is 2.61. The van der Waals surface area contributed by atoms with Crippen LogP contribution < -0.4 is 5.84 Å². The summed E-state index contributed by atoms with van der Waals surface area (Å²) in [4.78, 5) is 11.0. The van der Waals surface area contributed by atoms with E-state index in [1.54, 1.807) is 18.2 Å². The number of hydrogen-bond donors (Lipinski definition) is 3. The van der Waals surface area contributed by atoms with Crippen LogP contribution in [0.3, 0.4) is 0 Å². The quantitative estimate of drug-likeness (QED) is 0.488. The van der Waals surface area contributed by atoms with Crippen LogP contribution in [-0.2, 0) is 11.2 Å². The molecule has 5 nitrogen and oxygen atoms in total. The number of halogens is 1. The summed E-state index contributed by atoms with van der Waals surface area (Å²) in [6.07, 6.45) is -0.0751. The Bertz CT molecular complexity index is 501. The molecule has 0 saturated heterocycles. The van der Waals surface area contributed by atoms with E-state index in [4.69, 9.17) is 22.6 Å². The van der Waals surface area contributed by atoms with Crippen molar-refractivity contribution < 1.29 is 15.0 Å². The second-order valence-corrected chi connectivity index (χ2v) is 4.06. The first-order valence-corrected chi connectivity index (χ1v) is 4.90. The number of carboxylic acid groups (broad SMARTS) is 1. The standard InChI is InChI=1S/C10H9ClN2O3/c11-6-1-2-7-5(3-6)4-10(16,9(14)15)8(7)13-12/h1-3,16H,4,12H2,(H,14,15). The molecule has 0 heterocycles. The molecule has 6 heteroatoms. The summed E-state index contributed by atoms with van der Waals surface area (Å²) < 4.78 is 0. The Kier molecular flexibility index (Phi) is 2.36. The lowest BCUT2D eigenvalue weighted by atomic mass is 9.99. The van der Waals surface area contributed by atoms with Crippen molar-refractivity contribution in [3.05, 3.63) is 34.3 Å². The second-order valence-electron chi connectivity index (χ2n) is 3.62. The predicted octanol–water partition coefficient (Wildman–Crippen LogP) is 0.375. The maximum Gasteiger partial charge on any atom is 0.342 e. The number of nitrogens with two attached hydrogens (primary N) is 1. The summed E-state index contributed by atoms with van der Waals surface area (Å²) in [5.74, 6) is 3.76. The normalized spacial score (nSPS) is 25.8. The fraction of sp³-hybridized carbons (Fsp3) is 0.200. The van der Waals surface area contributed by atoms with Gasteiger partial charge >= 0.3 is 5.97 Å². The van der Waals surface area contributed by atoms with Gasteiger partial charge in [0.1, 0.15) is 5.71 Å². The number of carboxylic acids is 1. The highest BCUT2D eigenvalue weighted by Gasteiger charge is 2.48. The number of hydrogen-bond acceptors (Lipinski definition) is 4. The molecular formula is C10H9ClN2O3. The molecule has 16 heavy (non-hydrogen) atoms. The third kappa shape index (κ3) is 1.36. The Hall–Kier alpha value is -1.59. The zero-order valence-corrected chi connectivity index (χ0v) is 8.90. The molecule has 0 aliphatic heterocycles. The molecule has 0 fully saturated rings. The van der Waals surface area contributed by atoms with Crippen molar-refractivity contribution in [1.29, 1.82) is 0 Å². The molecule has 1 unspecified atom stereocenters. The summed E-state index contributed by atoms with van der Waals surface area (Å²) in [5.41, 5.74) is -0.938. The van der Waals surface area contributed by atoms with E-state index in [9.17, 15) is 9.90 Å². The van der Waals surface area contributed by atoms with Gasteiger partial charge < -0.3 is 16.1 Å². The third-order valence-corrected chi connectivity index (χ3v) is 2.88. The Labute approximate surface area is 96.1 Å². The van der Waals surface area contributed by atoms with Crippen molar-refractivity contribution in [3.8, 4) is 0 Å². The molecule has 0 amide bonds. The minimum absolute atomic E-state index is 0.0355. The molecule has 1 aliphatic carbocycles. The lowest BCUT2D eigenvalue weighted by Gasteiger charge is -2.16. The van der Waals surface area contributed by atoms with Crippen LogP contribution in [0.4, 0.5) is 0 Å². The van der Waals surface area contributed by atoms with Crippen LogP contribution in [0.15, 0.2) is 23.3 Å². The number of aliphatic hydroxyl groups is 1. The first-order chi connectivity index (χ1) is 7.49. The van der Waals surface area contributed by atoms with Crippen molar-refractivity contribution in [3.63, 3.8) is 0 Å². The topological polar surface area (TPSA) is 95.9 Å². The molecule has 0 spiro atoms. The largest absolute Gasteiger partial charge is 0.479 e. The SMILES string of the molecule is NN=C1c2ccc(Cl)cc2CC1(O)C(=O)O. The number of hydrazone groups is 1. The van der Waals surface area contributed by atoms with Crippen LogP contribution in [0.5, 0.6) is 0 Å². The summed E-state index contributed by atoms with van der Waals surface area (Å²) in [7, 11) is 0. The van der Waals surface area contributed by atoms with Crippen LogP contribution >= 0.6 is 11.6 Å². The Morgan fingerprint density at radius 3 is 2.81 bits per heavy atom. The molecular weight excluding hydrogens is 232 g/mol. The lowest BCUT2D eigenvalue weighted by molar-refractivity contribution is -0.151. The average Bonchev–Trinajstić information content (AvgIpc) is 2.50. The van der Waals surface area contributed by atoms with Gasteiger partial charge in [-0.15, -0.1) is 0 Å². The first kappa shape index (κ1) is 10.9. The highest BCUT2D eigenvalue weighted by Crippen LogP contribution is 2.32. The van der Waals surface area contributed by atoms with Crippen LogP contribution in [0.1, 0.15) is 11.1 Å². The van der Waals surface area contributed by atoms with Gasteiger partial charge in [0.15, 0.2) is 0 Å². The summed E-state index contributed by atoms with van der Waals surface area (Å²) >= 11 is 5.79. The molecule has 1 aliphatic rings. The maximum atomic E-state index is 11.0. The van der Waals surface area contributed by atoms with Crippen molar-refractivity contribution >= 4 is 23.3 Å². The second kappa shape index (κ2) is 3.47. The average molecular weight is 241 g/mol. The van der Waals surface area contributed by atoms with Gasteiger partial charge in [-0.25, -0.2) is 4.79 Å². The minimum Gasteiger partial charge on any atom is -0.479 e. The highest BCUT2D eigenvalue weighted by atomic mass is 35.5. The lowest BCUT2D eigenvalue weighted by Crippen LogP contribution is -2.45. The van der Waals surface area contributed by atoms with Crippen LogP contribution in [0.25, 0.3) is 0 Å². The third-order valence-electron chi connectivity index (χ3n) is 2.64. The van der Waals surface area contributed by atoms with Gasteiger partial charge in [-0.05, 0) is 17.7 Å². The van der Waals surface area contributed by atoms with Crippen molar-refractivity contribution in [2.75, 3.05) is 0 Å². The van der Waals surface area contributed by atoms with Crippen molar-refractivity contribution in [2.24, 2.45) is 10.9 Å². The summed E-state index contributed by atoms with van der Waals surface area (Å²) in [6, 6.07) is 4.80. The molecule has 84 valence electrons. The number of rotatable bonds is 1. The molecule has 0 aromatic heterocycles. The number of benzene rings is 1. The van der Waals surface area contributed by atoms with Gasteiger partial charge in [0.05, 0.1) is 0 Å². The van der Waals surface area contributed by atoms with E-state index in [1.807, 2.05) is 0 Å². The molecule has 1 aromatic carbocycles. The van der Waals surface area contributed by atoms with Gasteiger partial charge in [0.2, 0.25) is 5.60 Å². The number of aliphatic carboxylic acids is 1. The van der Waals surface area contributed by atoms with E-state index in [2.05, 4.69) is 5.10 Å². The van der Waals surface area contributed by atoms with Crippen LogP contribution in [-0.4, -0.2) is 27.5 Å². The number of carbonyl (C=O) groups is 1. The molecule has 0 radical (unpaired) electrons. The fourth-order valence-corrected chi connectivity index (χ4v) is 2.07. The Morgan fingerprint density at radius 1 is 1.56 bits per heavy atom. The zero-order valence-electron chi connectivity index (χ0n) is 8.14. The zero-order chi connectivity index (χ0) is 11.9. The molecule has 1 atom stereocenters. The fourth-order valence-electron chi connectivity index (χ4n) is 1.87. The monoisotopic (exact) mass is 240 g/mol. The first-order valence-electron chi connectivity index (χ1n) is 4.52. The maximum absolute atomic E-state index is 11.0. The van der Waals surface area contributed by atoms with E-state index >= 15 is 0 Å². The van der Waals surface area contributed by atoms with Gasteiger partial charge in [0, 0.05) is 17.0 Å². The van der Waals surface area contributed by atoms with E-state index < -0.39 is 11.6 Å². The van der Waals surface area contributed by atoms with Crippen LogP contribution in [0.2, 0.25) is 5.02 Å². The van der Waals surface area contributed by atoms with Gasteiger partial charge in [-0.2, -0.15) is 5.10 Å². The van der Waals surface area contributed by atoms with E-state index in [0.717, 1.165) is 0 Å². The predicted molar refractivity (Wildman–Crippen MR) is 58.5 cm³/mol. The van der Waals surface area contributed by atoms with Crippen molar-refractivity contribution in [2.45, 2.75) is 12.0 Å². The molecule has 0 saturated carbocycles. The van der Waals surface area contributed by atoms with E-state index in [-0.39, 0.29) is 12.1 Å².